The molecule has 0 atom stereocenters. The lowest BCUT2D eigenvalue weighted by atomic mass is 10.0. The molecule has 152 valence electrons. The van der Waals surface area contributed by atoms with Gasteiger partial charge in [0.25, 0.3) is 0 Å². The van der Waals surface area contributed by atoms with Crippen molar-refractivity contribution in [2.75, 3.05) is 23.7 Å². The summed E-state index contributed by atoms with van der Waals surface area (Å²) in [6.45, 7) is 4.59. The van der Waals surface area contributed by atoms with Gasteiger partial charge in [0.05, 0.1) is 12.6 Å². The average Bonchev–Trinajstić information content (AvgIpc) is 3.08. The fraction of sp³-hybridized carbons (Fsp3) is 0.200. The Balaban J connectivity index is 1.51. The van der Waals surface area contributed by atoms with Gasteiger partial charge < -0.3 is 10.6 Å². The normalized spacial score (nSPS) is 12.4. The van der Waals surface area contributed by atoms with E-state index >= 15 is 0 Å². The van der Waals surface area contributed by atoms with E-state index in [-0.39, 0.29) is 24.4 Å². The molecule has 5 heteroatoms. The molecule has 2 amide bonds. The van der Waals surface area contributed by atoms with Crippen LogP contribution in [-0.2, 0) is 9.59 Å². The van der Waals surface area contributed by atoms with Gasteiger partial charge >= 0.3 is 0 Å². The SMILES string of the molecule is CCN(CC(=O)Nc1ccc(NC(C)=O)cc1)C1c2ccccc2-c2ccccc21. The van der Waals surface area contributed by atoms with Crippen molar-refractivity contribution in [2.45, 2.75) is 19.9 Å². The van der Waals surface area contributed by atoms with Crippen molar-refractivity contribution < 1.29 is 9.59 Å². The quantitative estimate of drug-likeness (QED) is 0.633. The van der Waals surface area contributed by atoms with Crippen LogP contribution in [0.5, 0.6) is 0 Å². The molecule has 0 aliphatic heterocycles. The number of anilines is 2. The average molecular weight is 399 g/mol. The number of benzene rings is 3. The Morgan fingerprint density at radius 3 is 1.80 bits per heavy atom. The Bertz CT molecular complexity index is 1030. The van der Waals surface area contributed by atoms with Crippen LogP contribution in [-0.4, -0.2) is 29.8 Å². The first-order valence-corrected chi connectivity index (χ1v) is 10.2. The smallest absolute Gasteiger partial charge is 0.238 e. The lowest BCUT2D eigenvalue weighted by Gasteiger charge is -2.28. The van der Waals surface area contributed by atoms with E-state index < -0.39 is 0 Å². The predicted molar refractivity (Wildman–Crippen MR) is 120 cm³/mol. The maximum Gasteiger partial charge on any atom is 0.238 e. The molecule has 2 N–H and O–H groups in total. The number of hydrogen-bond donors (Lipinski definition) is 2. The first-order chi connectivity index (χ1) is 14.6. The maximum atomic E-state index is 12.8. The fourth-order valence-electron chi connectivity index (χ4n) is 4.13. The Kier molecular flexibility index (Phi) is 5.63. The summed E-state index contributed by atoms with van der Waals surface area (Å²) in [5, 5.41) is 5.69. The van der Waals surface area contributed by atoms with Crippen LogP contribution < -0.4 is 10.6 Å². The van der Waals surface area contributed by atoms with Crippen molar-refractivity contribution in [3.05, 3.63) is 83.9 Å². The monoisotopic (exact) mass is 399 g/mol. The summed E-state index contributed by atoms with van der Waals surface area (Å²) in [5.41, 5.74) is 6.38. The van der Waals surface area contributed by atoms with E-state index in [2.05, 4.69) is 71.0 Å². The van der Waals surface area contributed by atoms with Crippen LogP contribution in [0, 0.1) is 0 Å². The van der Waals surface area contributed by atoms with Crippen molar-refractivity contribution in [3.63, 3.8) is 0 Å². The fourth-order valence-corrected chi connectivity index (χ4v) is 4.13. The number of nitrogens with one attached hydrogen (secondary N) is 2. The summed E-state index contributed by atoms with van der Waals surface area (Å²) in [4.78, 5) is 26.1. The van der Waals surface area contributed by atoms with Gasteiger partial charge in [0, 0.05) is 18.3 Å². The third-order valence-corrected chi connectivity index (χ3v) is 5.41. The van der Waals surface area contributed by atoms with E-state index in [1.54, 1.807) is 24.3 Å². The lowest BCUT2D eigenvalue weighted by molar-refractivity contribution is -0.117. The lowest BCUT2D eigenvalue weighted by Crippen LogP contribution is -2.36. The number of fused-ring (bicyclic) bond motifs is 3. The molecule has 0 saturated heterocycles. The van der Waals surface area contributed by atoms with Gasteiger partial charge in [-0.1, -0.05) is 55.5 Å². The van der Waals surface area contributed by atoms with Gasteiger partial charge in [0.1, 0.15) is 0 Å². The Hall–Kier alpha value is -3.44. The highest BCUT2D eigenvalue weighted by atomic mass is 16.2. The highest BCUT2D eigenvalue weighted by Crippen LogP contribution is 2.45. The van der Waals surface area contributed by atoms with Gasteiger partial charge in [-0.2, -0.15) is 0 Å². The van der Waals surface area contributed by atoms with E-state index in [1.165, 1.54) is 29.2 Å². The molecule has 0 heterocycles. The number of rotatable bonds is 6. The standard InChI is InChI=1S/C25H25N3O2/c1-3-28(16-24(30)27-19-14-12-18(13-15-19)26-17(2)29)25-22-10-6-4-8-20(22)21-9-5-7-11-23(21)25/h4-15,25H,3,16H2,1-2H3,(H,26,29)(H,27,30). The summed E-state index contributed by atoms with van der Waals surface area (Å²) in [5.74, 6) is -0.187. The van der Waals surface area contributed by atoms with Crippen molar-refractivity contribution in [2.24, 2.45) is 0 Å². The molecule has 5 nitrogen and oxygen atoms in total. The summed E-state index contributed by atoms with van der Waals surface area (Å²) < 4.78 is 0. The van der Waals surface area contributed by atoms with Crippen LogP contribution in [0.3, 0.4) is 0 Å². The summed E-state index contributed by atoms with van der Waals surface area (Å²) >= 11 is 0. The molecule has 0 aromatic heterocycles. The van der Waals surface area contributed by atoms with E-state index in [9.17, 15) is 9.59 Å². The second kappa shape index (κ2) is 8.51. The highest BCUT2D eigenvalue weighted by Gasteiger charge is 2.32. The first kappa shape index (κ1) is 19.9. The minimum absolute atomic E-state index is 0.0639. The number of nitrogens with zero attached hydrogens (tertiary/aromatic N) is 1. The second-order valence-corrected chi connectivity index (χ2v) is 7.45. The van der Waals surface area contributed by atoms with E-state index in [4.69, 9.17) is 0 Å². The van der Waals surface area contributed by atoms with E-state index in [0.717, 1.165) is 6.54 Å². The third-order valence-electron chi connectivity index (χ3n) is 5.41. The third kappa shape index (κ3) is 3.98. The van der Waals surface area contributed by atoms with Crippen LogP contribution in [0.15, 0.2) is 72.8 Å². The molecular formula is C25H25N3O2. The summed E-state index contributed by atoms with van der Waals surface area (Å²) in [6.07, 6.45) is 0. The van der Waals surface area contributed by atoms with Gasteiger partial charge in [-0.3, -0.25) is 14.5 Å². The zero-order valence-corrected chi connectivity index (χ0v) is 17.2. The van der Waals surface area contributed by atoms with Gasteiger partial charge in [-0.15, -0.1) is 0 Å². The molecule has 1 aliphatic rings. The molecule has 0 bridgehead atoms. The second-order valence-electron chi connectivity index (χ2n) is 7.45. The van der Waals surface area contributed by atoms with Crippen molar-refractivity contribution in [3.8, 4) is 11.1 Å². The van der Waals surface area contributed by atoms with Gasteiger partial charge in [-0.25, -0.2) is 0 Å². The van der Waals surface area contributed by atoms with Gasteiger partial charge in [0.15, 0.2) is 0 Å². The van der Waals surface area contributed by atoms with Crippen molar-refractivity contribution in [1.29, 1.82) is 0 Å². The minimum atomic E-state index is -0.123. The van der Waals surface area contributed by atoms with Crippen molar-refractivity contribution in [1.82, 2.24) is 4.90 Å². The molecule has 4 rings (SSSR count). The molecule has 0 saturated carbocycles. The molecule has 1 aliphatic carbocycles. The topological polar surface area (TPSA) is 61.4 Å². The minimum Gasteiger partial charge on any atom is -0.326 e. The van der Waals surface area contributed by atoms with Crippen LogP contribution >= 0.6 is 0 Å². The molecule has 0 unspecified atom stereocenters. The van der Waals surface area contributed by atoms with Gasteiger partial charge in [-0.05, 0) is 53.1 Å². The Morgan fingerprint density at radius 2 is 1.30 bits per heavy atom. The number of amides is 2. The number of hydrogen-bond acceptors (Lipinski definition) is 3. The first-order valence-electron chi connectivity index (χ1n) is 10.2. The molecule has 30 heavy (non-hydrogen) atoms. The molecule has 3 aromatic carbocycles. The van der Waals surface area contributed by atoms with E-state index in [1.807, 2.05) is 0 Å². The zero-order chi connectivity index (χ0) is 21.1. The Morgan fingerprint density at radius 1 is 0.800 bits per heavy atom. The summed E-state index contributed by atoms with van der Waals surface area (Å²) in [7, 11) is 0. The van der Waals surface area contributed by atoms with Crippen LogP contribution in [0.2, 0.25) is 0 Å². The maximum absolute atomic E-state index is 12.8. The molecule has 0 radical (unpaired) electrons. The van der Waals surface area contributed by atoms with E-state index in [0.29, 0.717) is 11.4 Å². The molecule has 0 fully saturated rings. The molecule has 3 aromatic rings. The highest BCUT2D eigenvalue weighted by molar-refractivity contribution is 5.93. The Labute approximate surface area is 176 Å². The molecule has 0 spiro atoms. The number of carbonyl (C=O) groups is 2. The summed E-state index contributed by atoms with van der Waals surface area (Å²) in [6, 6.07) is 24.0. The number of carbonyl (C=O) groups excluding carboxylic acids is 2. The molecular weight excluding hydrogens is 374 g/mol. The van der Waals surface area contributed by atoms with Crippen LogP contribution in [0.1, 0.15) is 31.0 Å². The van der Waals surface area contributed by atoms with Crippen LogP contribution in [0.4, 0.5) is 11.4 Å². The van der Waals surface area contributed by atoms with Gasteiger partial charge in [0.2, 0.25) is 11.8 Å². The van der Waals surface area contributed by atoms with Crippen molar-refractivity contribution >= 4 is 23.2 Å². The van der Waals surface area contributed by atoms with Crippen LogP contribution in [0.25, 0.3) is 11.1 Å². The number of likely N-dealkylation sites (N-methyl/N-ethyl adjacent to an activating group) is 1. The largest absolute Gasteiger partial charge is 0.326 e. The predicted octanol–water partition coefficient (Wildman–Crippen LogP) is 4.68. The zero-order valence-electron chi connectivity index (χ0n) is 17.2.